The zero-order chi connectivity index (χ0) is 20.8. The number of rotatable bonds is 7. The first-order chi connectivity index (χ1) is 14.0. The van der Waals surface area contributed by atoms with E-state index < -0.39 is 0 Å². The molecule has 7 nitrogen and oxygen atoms in total. The summed E-state index contributed by atoms with van der Waals surface area (Å²) in [6, 6.07) is 14.6. The minimum absolute atomic E-state index is 0.249. The molecule has 3 aromatic rings. The summed E-state index contributed by atoms with van der Waals surface area (Å²) in [6.45, 7) is 2.44. The zero-order valence-corrected chi connectivity index (χ0v) is 16.6. The van der Waals surface area contributed by atoms with Gasteiger partial charge in [0.05, 0.1) is 19.8 Å². The lowest BCUT2D eigenvalue weighted by Gasteiger charge is -2.09. The SMILES string of the molecule is COC(=O)c1ccc(CCNC(=O)c2ccn(-c3cc(C)ccc3OC)n2)cc1. The van der Waals surface area contributed by atoms with Crippen molar-refractivity contribution >= 4 is 11.9 Å². The van der Waals surface area contributed by atoms with Gasteiger partial charge in [-0.05, 0) is 54.8 Å². The number of aromatic nitrogens is 2. The standard InChI is InChI=1S/C22H23N3O4/c1-15-4-9-20(28-2)19(14-15)25-13-11-18(24-25)21(26)23-12-10-16-5-7-17(8-6-16)22(27)29-3/h4-9,11,13-14H,10,12H2,1-3H3,(H,23,26). The maximum atomic E-state index is 12.4. The highest BCUT2D eigenvalue weighted by atomic mass is 16.5. The molecule has 1 amide bonds. The van der Waals surface area contributed by atoms with Gasteiger partial charge in [-0.1, -0.05) is 18.2 Å². The van der Waals surface area contributed by atoms with Crippen molar-refractivity contribution in [1.29, 1.82) is 0 Å². The summed E-state index contributed by atoms with van der Waals surface area (Å²) in [5.74, 6) is 0.0632. The Morgan fingerprint density at radius 1 is 1.07 bits per heavy atom. The Labute approximate surface area is 169 Å². The van der Waals surface area contributed by atoms with E-state index in [0.29, 0.717) is 30.0 Å². The lowest BCUT2D eigenvalue weighted by molar-refractivity contribution is 0.0600. The number of benzene rings is 2. The number of nitrogens with one attached hydrogen (secondary N) is 1. The van der Waals surface area contributed by atoms with Crippen molar-refractivity contribution in [2.24, 2.45) is 0 Å². The van der Waals surface area contributed by atoms with Crippen molar-refractivity contribution in [2.45, 2.75) is 13.3 Å². The van der Waals surface area contributed by atoms with Gasteiger partial charge in [0.15, 0.2) is 5.69 Å². The van der Waals surface area contributed by atoms with Crippen LogP contribution in [-0.4, -0.2) is 42.4 Å². The highest BCUT2D eigenvalue weighted by molar-refractivity contribution is 5.92. The third-order valence-corrected chi connectivity index (χ3v) is 4.48. The quantitative estimate of drug-likeness (QED) is 0.624. The Balaban J connectivity index is 1.60. The molecule has 1 aromatic heterocycles. The predicted octanol–water partition coefficient (Wildman–Crippen LogP) is 2.95. The average Bonchev–Trinajstić information content (AvgIpc) is 3.24. The topological polar surface area (TPSA) is 82.5 Å². The Kier molecular flexibility index (Phi) is 6.29. The van der Waals surface area contributed by atoms with Crippen LogP contribution in [0.15, 0.2) is 54.7 Å². The molecule has 29 heavy (non-hydrogen) atoms. The first-order valence-electron chi connectivity index (χ1n) is 9.18. The number of hydrogen-bond acceptors (Lipinski definition) is 5. The van der Waals surface area contributed by atoms with Crippen LogP contribution in [0.2, 0.25) is 0 Å². The molecule has 0 radical (unpaired) electrons. The fourth-order valence-corrected chi connectivity index (χ4v) is 2.89. The van der Waals surface area contributed by atoms with Crippen molar-refractivity contribution < 1.29 is 19.1 Å². The van der Waals surface area contributed by atoms with Crippen LogP contribution in [0, 0.1) is 6.92 Å². The summed E-state index contributed by atoms with van der Waals surface area (Å²) < 4.78 is 11.7. The van der Waals surface area contributed by atoms with E-state index in [0.717, 1.165) is 16.8 Å². The van der Waals surface area contributed by atoms with Crippen LogP contribution >= 0.6 is 0 Å². The molecule has 1 N–H and O–H groups in total. The molecular weight excluding hydrogens is 370 g/mol. The molecule has 0 saturated heterocycles. The summed E-state index contributed by atoms with van der Waals surface area (Å²) >= 11 is 0. The highest BCUT2D eigenvalue weighted by Crippen LogP contribution is 2.23. The first kappa shape index (κ1) is 20.1. The molecule has 0 atom stereocenters. The van der Waals surface area contributed by atoms with E-state index in [9.17, 15) is 9.59 Å². The van der Waals surface area contributed by atoms with E-state index in [4.69, 9.17) is 4.74 Å². The van der Waals surface area contributed by atoms with Gasteiger partial charge < -0.3 is 14.8 Å². The number of methoxy groups -OCH3 is 2. The molecular formula is C22H23N3O4. The molecule has 7 heteroatoms. The second-order valence-electron chi connectivity index (χ2n) is 6.52. The lowest BCUT2D eigenvalue weighted by atomic mass is 10.1. The largest absolute Gasteiger partial charge is 0.494 e. The van der Waals surface area contributed by atoms with Gasteiger partial charge in [0.2, 0.25) is 0 Å². The third-order valence-electron chi connectivity index (χ3n) is 4.48. The van der Waals surface area contributed by atoms with Crippen LogP contribution in [0.5, 0.6) is 5.75 Å². The van der Waals surface area contributed by atoms with E-state index in [1.54, 1.807) is 36.2 Å². The van der Waals surface area contributed by atoms with E-state index in [1.165, 1.54) is 7.11 Å². The smallest absolute Gasteiger partial charge is 0.337 e. The predicted molar refractivity (Wildman–Crippen MR) is 109 cm³/mol. The first-order valence-corrected chi connectivity index (χ1v) is 9.18. The van der Waals surface area contributed by atoms with Gasteiger partial charge in [-0.2, -0.15) is 5.10 Å². The van der Waals surface area contributed by atoms with Crippen molar-refractivity contribution in [1.82, 2.24) is 15.1 Å². The molecule has 0 aliphatic heterocycles. The van der Waals surface area contributed by atoms with Gasteiger partial charge >= 0.3 is 5.97 Å². The Morgan fingerprint density at radius 2 is 1.83 bits per heavy atom. The molecule has 0 saturated carbocycles. The Bertz CT molecular complexity index is 1010. The van der Waals surface area contributed by atoms with Crippen LogP contribution in [0.1, 0.15) is 32.0 Å². The maximum absolute atomic E-state index is 12.4. The third kappa shape index (κ3) is 4.82. The van der Waals surface area contributed by atoms with Crippen LogP contribution in [-0.2, 0) is 11.2 Å². The normalized spacial score (nSPS) is 10.4. The molecule has 1 heterocycles. The molecule has 0 aliphatic rings. The van der Waals surface area contributed by atoms with Crippen molar-refractivity contribution in [2.75, 3.05) is 20.8 Å². The number of amides is 1. The maximum Gasteiger partial charge on any atom is 0.337 e. The lowest BCUT2D eigenvalue weighted by Crippen LogP contribution is -2.26. The fraction of sp³-hybridized carbons (Fsp3) is 0.227. The summed E-state index contributed by atoms with van der Waals surface area (Å²) in [6.07, 6.45) is 2.37. The number of carbonyl (C=O) groups is 2. The van der Waals surface area contributed by atoms with Crippen LogP contribution in [0.3, 0.4) is 0 Å². The van der Waals surface area contributed by atoms with Crippen LogP contribution in [0.4, 0.5) is 0 Å². The van der Waals surface area contributed by atoms with Gasteiger partial charge in [0.1, 0.15) is 11.4 Å². The monoisotopic (exact) mass is 393 g/mol. The number of nitrogens with zero attached hydrogens (tertiary/aromatic N) is 2. The molecule has 150 valence electrons. The van der Waals surface area contributed by atoms with Crippen molar-refractivity contribution in [3.05, 3.63) is 77.1 Å². The van der Waals surface area contributed by atoms with Gasteiger partial charge in [-0.3, -0.25) is 4.79 Å². The van der Waals surface area contributed by atoms with E-state index >= 15 is 0 Å². The van der Waals surface area contributed by atoms with Crippen LogP contribution in [0.25, 0.3) is 5.69 Å². The Morgan fingerprint density at radius 3 is 2.52 bits per heavy atom. The second-order valence-corrected chi connectivity index (χ2v) is 6.52. The van der Waals surface area contributed by atoms with Crippen molar-refractivity contribution in [3.63, 3.8) is 0 Å². The number of esters is 1. The minimum Gasteiger partial charge on any atom is -0.494 e. The number of hydrogen-bond donors (Lipinski definition) is 1. The van der Waals surface area contributed by atoms with Gasteiger partial charge in [-0.25, -0.2) is 9.48 Å². The minimum atomic E-state index is -0.370. The molecule has 0 bridgehead atoms. The molecule has 0 aliphatic carbocycles. The number of ether oxygens (including phenoxy) is 2. The van der Waals surface area contributed by atoms with Gasteiger partial charge in [-0.15, -0.1) is 0 Å². The molecule has 0 spiro atoms. The summed E-state index contributed by atoms with van der Waals surface area (Å²) in [5.41, 5.74) is 3.68. The summed E-state index contributed by atoms with van der Waals surface area (Å²) in [7, 11) is 2.95. The molecule has 2 aromatic carbocycles. The van der Waals surface area contributed by atoms with Gasteiger partial charge in [0, 0.05) is 12.7 Å². The average molecular weight is 393 g/mol. The van der Waals surface area contributed by atoms with Crippen LogP contribution < -0.4 is 10.1 Å². The fourth-order valence-electron chi connectivity index (χ4n) is 2.89. The Hall–Kier alpha value is -3.61. The van der Waals surface area contributed by atoms with Crippen molar-refractivity contribution in [3.8, 4) is 11.4 Å². The van der Waals surface area contributed by atoms with E-state index in [-0.39, 0.29) is 11.9 Å². The zero-order valence-electron chi connectivity index (χ0n) is 16.6. The van der Waals surface area contributed by atoms with E-state index in [1.807, 2.05) is 37.3 Å². The summed E-state index contributed by atoms with van der Waals surface area (Å²) in [5, 5.41) is 7.23. The number of aryl methyl sites for hydroxylation is 1. The van der Waals surface area contributed by atoms with E-state index in [2.05, 4.69) is 15.2 Å². The van der Waals surface area contributed by atoms with Gasteiger partial charge in [0.25, 0.3) is 5.91 Å². The second kappa shape index (κ2) is 9.05. The molecule has 0 unspecified atom stereocenters. The number of carbonyl (C=O) groups excluding carboxylic acids is 2. The highest BCUT2D eigenvalue weighted by Gasteiger charge is 2.12. The molecule has 3 rings (SSSR count). The summed E-state index contributed by atoms with van der Waals surface area (Å²) in [4.78, 5) is 23.9. The molecule has 0 fully saturated rings.